The predicted molar refractivity (Wildman–Crippen MR) is 73.4 cm³/mol. The van der Waals surface area contributed by atoms with Crippen molar-refractivity contribution < 1.29 is 9.57 Å². The van der Waals surface area contributed by atoms with Crippen LogP contribution in [0.2, 0.25) is 0 Å². The van der Waals surface area contributed by atoms with Crippen molar-refractivity contribution in [3.63, 3.8) is 0 Å². The van der Waals surface area contributed by atoms with Crippen LogP contribution in [-0.2, 0) is 0 Å². The van der Waals surface area contributed by atoms with Crippen LogP contribution in [0.15, 0.2) is 24.3 Å². The lowest BCUT2D eigenvalue weighted by Crippen LogP contribution is -2.36. The fraction of sp³-hybridized carbons (Fsp3) is 0.500. The lowest BCUT2D eigenvalue weighted by Gasteiger charge is -2.28. The van der Waals surface area contributed by atoms with E-state index < -0.39 is 0 Å². The van der Waals surface area contributed by atoms with Gasteiger partial charge in [-0.1, -0.05) is 12.1 Å². The Bertz CT molecular complexity index is 559. The first-order valence-corrected chi connectivity index (χ1v) is 6.65. The Labute approximate surface area is 112 Å². The number of rotatable bonds is 3. The van der Waals surface area contributed by atoms with Gasteiger partial charge in [-0.25, -0.2) is 0 Å². The highest BCUT2D eigenvalue weighted by molar-refractivity contribution is 5.76. The summed E-state index contributed by atoms with van der Waals surface area (Å²) in [6.07, 6.45) is 2.29. The van der Waals surface area contributed by atoms with Gasteiger partial charge in [-0.2, -0.15) is 4.98 Å². The third-order valence-electron chi connectivity index (χ3n) is 3.61. The second-order valence-corrected chi connectivity index (χ2v) is 4.98. The van der Waals surface area contributed by atoms with Gasteiger partial charge in [0.25, 0.3) is 0 Å². The van der Waals surface area contributed by atoms with E-state index in [1.807, 2.05) is 24.3 Å². The summed E-state index contributed by atoms with van der Waals surface area (Å²) in [5, 5.41) is 0. The molecule has 1 aliphatic heterocycles. The molecular formula is C14H19N3O2. The van der Waals surface area contributed by atoms with Crippen molar-refractivity contribution in [1.82, 2.24) is 14.6 Å². The molecule has 5 heteroatoms. The van der Waals surface area contributed by atoms with E-state index in [-0.39, 0.29) is 6.10 Å². The van der Waals surface area contributed by atoms with Crippen molar-refractivity contribution in [2.75, 3.05) is 27.2 Å². The number of imidazole rings is 1. The number of piperidine rings is 1. The SMILES string of the molecule is COn1c(OC2CCN(C)CC2)nc2ccccc21. The molecule has 0 aliphatic carbocycles. The van der Waals surface area contributed by atoms with Gasteiger partial charge in [0.1, 0.15) is 18.7 Å². The van der Waals surface area contributed by atoms with Gasteiger partial charge in [0.05, 0.1) is 5.52 Å². The van der Waals surface area contributed by atoms with Crippen LogP contribution in [0.1, 0.15) is 12.8 Å². The maximum atomic E-state index is 6.01. The van der Waals surface area contributed by atoms with E-state index in [9.17, 15) is 0 Å². The zero-order valence-electron chi connectivity index (χ0n) is 11.4. The lowest BCUT2D eigenvalue weighted by molar-refractivity contribution is 0.0700. The molecular weight excluding hydrogens is 242 g/mol. The molecule has 102 valence electrons. The maximum Gasteiger partial charge on any atom is 0.331 e. The molecule has 0 saturated carbocycles. The molecule has 1 saturated heterocycles. The van der Waals surface area contributed by atoms with E-state index in [1.54, 1.807) is 11.8 Å². The molecule has 2 aromatic rings. The molecule has 1 aromatic carbocycles. The fourth-order valence-corrected chi connectivity index (χ4v) is 2.48. The van der Waals surface area contributed by atoms with Crippen molar-refractivity contribution >= 4 is 11.0 Å². The number of fused-ring (bicyclic) bond motifs is 1. The van der Waals surface area contributed by atoms with Gasteiger partial charge < -0.3 is 14.5 Å². The lowest BCUT2D eigenvalue weighted by atomic mass is 10.1. The van der Waals surface area contributed by atoms with E-state index in [1.165, 1.54) is 0 Å². The first kappa shape index (κ1) is 12.3. The summed E-state index contributed by atoms with van der Waals surface area (Å²) in [6.45, 7) is 2.13. The van der Waals surface area contributed by atoms with Crippen LogP contribution in [0, 0.1) is 0 Å². The quantitative estimate of drug-likeness (QED) is 0.840. The largest absolute Gasteiger partial charge is 0.459 e. The highest BCUT2D eigenvalue weighted by Gasteiger charge is 2.21. The van der Waals surface area contributed by atoms with Crippen molar-refractivity contribution in [3.05, 3.63) is 24.3 Å². The van der Waals surface area contributed by atoms with Crippen molar-refractivity contribution in [2.24, 2.45) is 0 Å². The molecule has 19 heavy (non-hydrogen) atoms. The van der Waals surface area contributed by atoms with E-state index in [0.29, 0.717) is 6.01 Å². The van der Waals surface area contributed by atoms with E-state index in [4.69, 9.17) is 9.57 Å². The fourth-order valence-electron chi connectivity index (χ4n) is 2.48. The monoisotopic (exact) mass is 261 g/mol. The zero-order chi connectivity index (χ0) is 13.2. The summed E-state index contributed by atoms with van der Waals surface area (Å²) in [4.78, 5) is 12.2. The number of likely N-dealkylation sites (tertiary alicyclic amines) is 1. The second kappa shape index (κ2) is 5.09. The van der Waals surface area contributed by atoms with Gasteiger partial charge in [-0.15, -0.1) is 4.73 Å². The summed E-state index contributed by atoms with van der Waals surface area (Å²) >= 11 is 0. The third-order valence-corrected chi connectivity index (χ3v) is 3.61. The van der Waals surface area contributed by atoms with Crippen molar-refractivity contribution in [2.45, 2.75) is 18.9 Å². The van der Waals surface area contributed by atoms with Crippen molar-refractivity contribution in [1.29, 1.82) is 0 Å². The van der Waals surface area contributed by atoms with E-state index in [0.717, 1.165) is 37.0 Å². The minimum Gasteiger partial charge on any atom is -0.459 e. The molecule has 0 radical (unpaired) electrons. The smallest absolute Gasteiger partial charge is 0.331 e. The molecule has 2 heterocycles. The van der Waals surface area contributed by atoms with Crippen LogP contribution in [0.4, 0.5) is 0 Å². The minimum absolute atomic E-state index is 0.224. The molecule has 3 rings (SSSR count). The molecule has 1 aromatic heterocycles. The Kier molecular flexibility index (Phi) is 3.29. The Hall–Kier alpha value is -1.75. The molecule has 1 aliphatic rings. The number of nitrogens with zero attached hydrogens (tertiary/aromatic N) is 3. The summed E-state index contributed by atoms with van der Waals surface area (Å²) in [5.41, 5.74) is 1.83. The number of ether oxygens (including phenoxy) is 1. The van der Waals surface area contributed by atoms with E-state index >= 15 is 0 Å². The van der Waals surface area contributed by atoms with Gasteiger partial charge in [-0.05, 0) is 32.0 Å². The average Bonchev–Trinajstić information content (AvgIpc) is 2.78. The Morgan fingerprint density at radius 2 is 1.95 bits per heavy atom. The Morgan fingerprint density at radius 1 is 1.21 bits per heavy atom. The highest BCUT2D eigenvalue weighted by Crippen LogP contribution is 2.22. The topological polar surface area (TPSA) is 39.5 Å². The van der Waals surface area contributed by atoms with Crippen molar-refractivity contribution in [3.8, 4) is 6.01 Å². The molecule has 0 spiro atoms. The Morgan fingerprint density at radius 3 is 2.68 bits per heavy atom. The molecule has 0 bridgehead atoms. The third kappa shape index (κ3) is 2.38. The molecule has 5 nitrogen and oxygen atoms in total. The van der Waals surface area contributed by atoms with E-state index in [2.05, 4.69) is 16.9 Å². The minimum atomic E-state index is 0.224. The normalized spacial score (nSPS) is 17.8. The summed E-state index contributed by atoms with van der Waals surface area (Å²) in [7, 11) is 3.77. The first-order valence-electron chi connectivity index (χ1n) is 6.65. The van der Waals surface area contributed by atoms with Crippen LogP contribution >= 0.6 is 0 Å². The number of hydrogen-bond acceptors (Lipinski definition) is 4. The first-order chi connectivity index (χ1) is 9.28. The summed E-state index contributed by atoms with van der Waals surface area (Å²) in [5.74, 6) is 0. The Balaban J connectivity index is 1.84. The van der Waals surface area contributed by atoms with Crippen LogP contribution in [0.25, 0.3) is 11.0 Å². The predicted octanol–water partition coefficient (Wildman–Crippen LogP) is 1.57. The average molecular weight is 261 g/mol. The van der Waals surface area contributed by atoms with Gasteiger partial charge in [-0.3, -0.25) is 0 Å². The van der Waals surface area contributed by atoms with Crippen LogP contribution in [0.3, 0.4) is 0 Å². The number of benzene rings is 1. The second-order valence-electron chi connectivity index (χ2n) is 4.98. The molecule has 0 amide bonds. The maximum absolute atomic E-state index is 6.01. The van der Waals surface area contributed by atoms with Gasteiger partial charge in [0.2, 0.25) is 0 Å². The highest BCUT2D eigenvalue weighted by atomic mass is 16.7. The summed E-state index contributed by atoms with van der Waals surface area (Å²) < 4.78 is 7.67. The van der Waals surface area contributed by atoms with Crippen LogP contribution in [0.5, 0.6) is 6.01 Å². The molecule has 1 fully saturated rings. The van der Waals surface area contributed by atoms with Crippen LogP contribution in [-0.4, -0.2) is 48.0 Å². The number of hydrogen-bond donors (Lipinski definition) is 0. The summed E-state index contributed by atoms with van der Waals surface area (Å²) in [6, 6.07) is 8.44. The van der Waals surface area contributed by atoms with Gasteiger partial charge >= 0.3 is 6.01 Å². The standard InChI is InChI=1S/C14H19N3O2/c1-16-9-7-11(8-10-16)19-14-15-12-5-3-4-6-13(12)17(14)18-2/h3-6,11H,7-10H2,1-2H3. The molecule has 0 N–H and O–H groups in total. The van der Waals surface area contributed by atoms with Gasteiger partial charge in [0.15, 0.2) is 0 Å². The number of aromatic nitrogens is 2. The van der Waals surface area contributed by atoms with Crippen LogP contribution < -0.4 is 9.57 Å². The molecule has 0 atom stereocenters. The van der Waals surface area contributed by atoms with Gasteiger partial charge in [0, 0.05) is 13.1 Å². The zero-order valence-corrected chi connectivity index (χ0v) is 11.4. The number of para-hydroxylation sites is 2. The molecule has 0 unspecified atom stereocenters.